The molecule has 0 aliphatic rings. The van der Waals surface area contributed by atoms with E-state index in [4.69, 9.17) is 9.47 Å². The number of hydrogen-bond donors (Lipinski definition) is 0. The Morgan fingerprint density at radius 3 is 2.59 bits per heavy atom. The summed E-state index contributed by atoms with van der Waals surface area (Å²) >= 11 is 0. The van der Waals surface area contributed by atoms with Gasteiger partial charge in [-0.2, -0.15) is 0 Å². The minimum absolute atomic E-state index is 0.0378. The molecule has 1 aromatic carbocycles. The van der Waals surface area contributed by atoms with E-state index >= 15 is 0 Å². The second-order valence-electron chi connectivity index (χ2n) is 3.80. The van der Waals surface area contributed by atoms with Gasteiger partial charge in [0.25, 0.3) is 5.91 Å². The lowest BCUT2D eigenvalue weighted by molar-refractivity contribution is -0.139. The van der Waals surface area contributed by atoms with Crippen LogP contribution in [0.15, 0.2) is 30.3 Å². The van der Waals surface area contributed by atoms with Gasteiger partial charge >= 0.3 is 0 Å². The third-order valence-corrected chi connectivity index (χ3v) is 2.52. The molecule has 0 N–H and O–H groups in total. The molecule has 0 saturated carbocycles. The molecule has 1 atom stereocenters. The van der Waals surface area contributed by atoms with Gasteiger partial charge in [0.05, 0.1) is 6.54 Å². The van der Waals surface area contributed by atoms with Gasteiger partial charge in [-0.1, -0.05) is 18.2 Å². The molecule has 1 aromatic rings. The number of likely N-dealkylation sites (N-methyl/N-ethyl adjacent to an activating group) is 1. The first-order valence-electron chi connectivity index (χ1n) is 5.60. The Labute approximate surface area is 102 Å². The van der Waals surface area contributed by atoms with Gasteiger partial charge in [0, 0.05) is 14.2 Å². The smallest absolute Gasteiger partial charge is 0.251 e. The van der Waals surface area contributed by atoms with E-state index < -0.39 is 6.10 Å². The average Bonchev–Trinajstić information content (AvgIpc) is 2.38. The van der Waals surface area contributed by atoms with Crippen LogP contribution >= 0.6 is 0 Å². The highest BCUT2D eigenvalue weighted by molar-refractivity contribution is 5.80. The summed E-state index contributed by atoms with van der Waals surface area (Å²) < 4.78 is 10.5. The van der Waals surface area contributed by atoms with Crippen molar-refractivity contribution in [3.05, 3.63) is 30.3 Å². The fourth-order valence-electron chi connectivity index (χ4n) is 1.34. The van der Waals surface area contributed by atoms with Crippen molar-refractivity contribution >= 4 is 5.91 Å². The number of carbonyl (C=O) groups excluding carboxylic acids is 1. The summed E-state index contributed by atoms with van der Waals surface area (Å²) in [7, 11) is 3.27. The van der Waals surface area contributed by atoms with Crippen LogP contribution in [0.25, 0.3) is 0 Å². The summed E-state index contributed by atoms with van der Waals surface area (Å²) in [6.07, 6.45) is -0.406. The van der Waals surface area contributed by atoms with Gasteiger partial charge in [-0.15, -0.1) is 0 Å². The Morgan fingerprint density at radius 1 is 1.35 bits per heavy atom. The fourth-order valence-corrected chi connectivity index (χ4v) is 1.34. The molecule has 17 heavy (non-hydrogen) atoms. The molecule has 4 nitrogen and oxygen atoms in total. The molecule has 0 bridgehead atoms. The summed E-state index contributed by atoms with van der Waals surface area (Å²) in [5.41, 5.74) is 0. The van der Waals surface area contributed by atoms with Crippen molar-refractivity contribution < 1.29 is 14.3 Å². The third-order valence-electron chi connectivity index (χ3n) is 2.52. The van der Waals surface area contributed by atoms with Crippen LogP contribution in [0.2, 0.25) is 0 Å². The molecule has 0 saturated heterocycles. The van der Waals surface area contributed by atoms with Crippen LogP contribution in [0.1, 0.15) is 6.92 Å². The second kappa shape index (κ2) is 6.91. The minimum atomic E-state index is -0.406. The number of para-hydroxylation sites is 1. The molecule has 0 aliphatic carbocycles. The van der Waals surface area contributed by atoms with Crippen molar-refractivity contribution in [1.29, 1.82) is 0 Å². The molecule has 0 aliphatic heterocycles. The third kappa shape index (κ3) is 4.44. The number of hydrogen-bond acceptors (Lipinski definition) is 3. The van der Waals surface area contributed by atoms with Gasteiger partial charge in [-0.05, 0) is 19.1 Å². The molecule has 0 spiro atoms. The van der Waals surface area contributed by atoms with Gasteiger partial charge in [0.15, 0.2) is 0 Å². The zero-order chi connectivity index (χ0) is 12.7. The van der Waals surface area contributed by atoms with Gasteiger partial charge in [0.1, 0.15) is 18.5 Å². The summed E-state index contributed by atoms with van der Waals surface area (Å²) in [5.74, 6) is 0.775. The monoisotopic (exact) mass is 237 g/mol. The first-order valence-corrected chi connectivity index (χ1v) is 5.60. The van der Waals surface area contributed by atoms with Crippen molar-refractivity contribution in [2.24, 2.45) is 0 Å². The number of benzene rings is 1. The Kier molecular flexibility index (Phi) is 5.49. The van der Waals surface area contributed by atoms with Crippen LogP contribution in [-0.4, -0.2) is 44.2 Å². The van der Waals surface area contributed by atoms with Gasteiger partial charge in [-0.25, -0.2) is 0 Å². The molecule has 1 amide bonds. The normalized spacial score (nSPS) is 11.9. The van der Waals surface area contributed by atoms with Crippen LogP contribution in [0, 0.1) is 0 Å². The first-order chi connectivity index (χ1) is 8.15. The summed E-state index contributed by atoms with van der Waals surface area (Å²) in [4.78, 5) is 13.3. The molecule has 1 rings (SSSR count). The lowest BCUT2D eigenvalue weighted by Crippen LogP contribution is -2.38. The van der Waals surface area contributed by atoms with Crippen LogP contribution in [0.5, 0.6) is 5.75 Å². The standard InChI is InChI=1S/C13H19NO3/c1-11(16-3)13(15)14(2)9-10-17-12-7-5-4-6-8-12/h4-8,11H,9-10H2,1-3H3. The van der Waals surface area contributed by atoms with E-state index in [1.54, 1.807) is 18.9 Å². The number of rotatable bonds is 6. The molecule has 0 heterocycles. The number of amides is 1. The molecule has 0 radical (unpaired) electrons. The van der Waals surface area contributed by atoms with Crippen molar-refractivity contribution in [2.45, 2.75) is 13.0 Å². The van der Waals surface area contributed by atoms with E-state index in [9.17, 15) is 4.79 Å². The highest BCUT2D eigenvalue weighted by Crippen LogP contribution is 2.07. The average molecular weight is 237 g/mol. The van der Waals surface area contributed by atoms with E-state index in [1.165, 1.54) is 7.11 Å². The number of carbonyl (C=O) groups is 1. The molecular formula is C13H19NO3. The largest absolute Gasteiger partial charge is 0.492 e. The molecule has 4 heteroatoms. The topological polar surface area (TPSA) is 38.8 Å². The number of nitrogens with zero attached hydrogens (tertiary/aromatic N) is 1. The highest BCUT2D eigenvalue weighted by atomic mass is 16.5. The van der Waals surface area contributed by atoms with Crippen LogP contribution in [0.4, 0.5) is 0 Å². The maximum Gasteiger partial charge on any atom is 0.251 e. The van der Waals surface area contributed by atoms with Crippen LogP contribution in [-0.2, 0) is 9.53 Å². The number of ether oxygens (including phenoxy) is 2. The summed E-state index contributed by atoms with van der Waals surface area (Å²) in [6.45, 7) is 2.75. The number of methoxy groups -OCH3 is 1. The second-order valence-corrected chi connectivity index (χ2v) is 3.80. The summed E-state index contributed by atoms with van der Waals surface area (Å²) in [6, 6.07) is 9.54. The highest BCUT2D eigenvalue weighted by Gasteiger charge is 2.16. The SMILES string of the molecule is COC(C)C(=O)N(C)CCOc1ccccc1. The van der Waals surface area contributed by atoms with Gasteiger partial charge < -0.3 is 14.4 Å². The van der Waals surface area contributed by atoms with Crippen LogP contribution < -0.4 is 4.74 Å². The molecule has 94 valence electrons. The predicted octanol–water partition coefficient (Wildman–Crippen LogP) is 1.56. The van der Waals surface area contributed by atoms with E-state index in [0.717, 1.165) is 5.75 Å². The van der Waals surface area contributed by atoms with Crippen molar-refractivity contribution in [3.63, 3.8) is 0 Å². The van der Waals surface area contributed by atoms with E-state index in [2.05, 4.69) is 0 Å². The zero-order valence-corrected chi connectivity index (χ0v) is 10.6. The first kappa shape index (κ1) is 13.5. The maximum atomic E-state index is 11.7. The maximum absolute atomic E-state index is 11.7. The van der Waals surface area contributed by atoms with Crippen molar-refractivity contribution in [1.82, 2.24) is 4.90 Å². The quantitative estimate of drug-likeness (QED) is 0.753. The minimum Gasteiger partial charge on any atom is -0.492 e. The fraction of sp³-hybridized carbons (Fsp3) is 0.462. The molecular weight excluding hydrogens is 218 g/mol. The summed E-state index contributed by atoms with van der Waals surface area (Å²) in [5, 5.41) is 0. The van der Waals surface area contributed by atoms with E-state index in [0.29, 0.717) is 13.2 Å². The van der Waals surface area contributed by atoms with Crippen molar-refractivity contribution in [2.75, 3.05) is 27.3 Å². The molecule has 0 aromatic heterocycles. The Balaban J connectivity index is 2.29. The van der Waals surface area contributed by atoms with Crippen LogP contribution in [0.3, 0.4) is 0 Å². The van der Waals surface area contributed by atoms with E-state index in [-0.39, 0.29) is 5.91 Å². The Bertz CT molecular complexity index is 340. The lowest BCUT2D eigenvalue weighted by atomic mass is 10.3. The Hall–Kier alpha value is -1.55. The lowest BCUT2D eigenvalue weighted by Gasteiger charge is -2.20. The molecule has 0 fully saturated rings. The molecule has 1 unspecified atom stereocenters. The van der Waals surface area contributed by atoms with Crippen molar-refractivity contribution in [3.8, 4) is 5.75 Å². The zero-order valence-electron chi connectivity index (χ0n) is 10.6. The van der Waals surface area contributed by atoms with E-state index in [1.807, 2.05) is 30.3 Å². The predicted molar refractivity (Wildman–Crippen MR) is 66.0 cm³/mol. The van der Waals surface area contributed by atoms with Gasteiger partial charge in [0.2, 0.25) is 0 Å². The van der Waals surface area contributed by atoms with Gasteiger partial charge in [-0.3, -0.25) is 4.79 Å². The Morgan fingerprint density at radius 2 is 2.00 bits per heavy atom.